The van der Waals surface area contributed by atoms with Crippen molar-refractivity contribution in [3.8, 4) is 0 Å². The molecule has 1 aromatic carbocycles. The second-order valence-electron chi connectivity index (χ2n) is 7.96. The number of hydrogen-bond donors (Lipinski definition) is 1. The van der Waals surface area contributed by atoms with Crippen LogP contribution in [0.3, 0.4) is 0 Å². The largest absolute Gasteiger partial charge is 0.349 e. The first-order valence-corrected chi connectivity index (χ1v) is 10.8. The molecule has 1 heterocycles. The molecule has 0 radical (unpaired) electrons. The molecular weight excluding hydrogens is 415 g/mol. The lowest BCUT2D eigenvalue weighted by Crippen LogP contribution is -2.39. The number of nitrogens with one attached hydrogen (secondary N) is 1. The van der Waals surface area contributed by atoms with Gasteiger partial charge in [0.2, 0.25) is 0 Å². The molecule has 1 saturated carbocycles. The van der Waals surface area contributed by atoms with Crippen LogP contribution in [-0.4, -0.2) is 21.7 Å². The van der Waals surface area contributed by atoms with E-state index in [2.05, 4.69) is 35.0 Å². The quantitative estimate of drug-likeness (QED) is 0.483. The third-order valence-electron chi connectivity index (χ3n) is 5.96. The van der Waals surface area contributed by atoms with E-state index in [0.717, 1.165) is 57.7 Å². The van der Waals surface area contributed by atoms with E-state index < -0.39 is 39.5 Å². The summed E-state index contributed by atoms with van der Waals surface area (Å²) in [5.41, 5.74) is 1.13. The maximum atomic E-state index is 14.4. The zero-order chi connectivity index (χ0) is 22.0. The van der Waals surface area contributed by atoms with E-state index in [0.29, 0.717) is 5.92 Å². The van der Waals surface area contributed by atoms with Crippen LogP contribution >= 0.6 is 11.6 Å². The number of amides is 1. The summed E-state index contributed by atoms with van der Waals surface area (Å²) in [6, 6.07) is 1.99. The Bertz CT molecular complexity index is 907. The van der Waals surface area contributed by atoms with Gasteiger partial charge in [-0.2, -0.15) is 5.10 Å². The van der Waals surface area contributed by atoms with Crippen molar-refractivity contribution in [3.63, 3.8) is 0 Å². The third-order valence-corrected chi connectivity index (χ3v) is 6.32. The summed E-state index contributed by atoms with van der Waals surface area (Å²) in [5.74, 6) is -4.26. The number of halogens is 4. The fourth-order valence-corrected chi connectivity index (χ4v) is 4.32. The van der Waals surface area contributed by atoms with Gasteiger partial charge in [0.25, 0.3) is 5.91 Å². The molecule has 0 aliphatic heterocycles. The van der Waals surface area contributed by atoms with Gasteiger partial charge in [-0.3, -0.25) is 9.48 Å². The van der Waals surface area contributed by atoms with Crippen molar-refractivity contribution in [3.05, 3.63) is 51.1 Å². The first-order valence-electron chi connectivity index (χ1n) is 10.5. The van der Waals surface area contributed by atoms with Crippen LogP contribution in [0.25, 0.3) is 0 Å². The van der Waals surface area contributed by atoms with E-state index in [4.69, 9.17) is 11.6 Å². The Labute approximate surface area is 179 Å². The van der Waals surface area contributed by atoms with Gasteiger partial charge in [0.15, 0.2) is 11.6 Å². The van der Waals surface area contributed by atoms with Crippen molar-refractivity contribution in [2.24, 2.45) is 5.92 Å². The Morgan fingerprint density at radius 1 is 1.13 bits per heavy atom. The molecule has 0 unspecified atom stereocenters. The maximum Gasteiger partial charge on any atom is 0.256 e. The summed E-state index contributed by atoms with van der Waals surface area (Å²) in [7, 11) is 0. The predicted molar refractivity (Wildman–Crippen MR) is 110 cm³/mol. The molecule has 1 aromatic heterocycles. The lowest BCUT2D eigenvalue weighted by Gasteiger charge is -2.29. The number of aryl methyl sites for hydroxylation is 2. The molecule has 0 atom stereocenters. The summed E-state index contributed by atoms with van der Waals surface area (Å²) < 4.78 is 43.9. The highest BCUT2D eigenvalue weighted by Crippen LogP contribution is 2.30. The Morgan fingerprint density at radius 3 is 2.40 bits per heavy atom. The van der Waals surface area contributed by atoms with E-state index in [9.17, 15) is 18.0 Å². The van der Waals surface area contributed by atoms with E-state index >= 15 is 0 Å². The van der Waals surface area contributed by atoms with Crippen LogP contribution in [0.5, 0.6) is 0 Å². The van der Waals surface area contributed by atoms with Gasteiger partial charge in [0.05, 0.1) is 16.3 Å². The van der Waals surface area contributed by atoms with Crippen LogP contribution in [0.1, 0.15) is 66.8 Å². The molecule has 1 fully saturated rings. The second kappa shape index (κ2) is 9.41. The number of nitrogens with zero attached hydrogens (tertiary/aromatic N) is 2. The highest BCUT2D eigenvalue weighted by molar-refractivity contribution is 6.34. The minimum absolute atomic E-state index is 0.160. The molecule has 4 nitrogen and oxygen atoms in total. The molecule has 8 heteroatoms. The van der Waals surface area contributed by atoms with Gasteiger partial charge in [-0.05, 0) is 57.4 Å². The summed E-state index contributed by atoms with van der Waals surface area (Å²) in [5, 5.41) is 6.58. The molecule has 164 valence electrons. The standard InChI is InChI=1S/C22H27ClF3N3O/c1-4-14-10-16(5-2)29(28-14)11-13-6-8-15(9-7-13)27-22(30)17-18(23)21(26)20(25)12(3)19(17)24/h10,13,15H,4-9,11H2,1-3H3,(H,27,30). The van der Waals surface area contributed by atoms with Crippen LogP contribution < -0.4 is 5.32 Å². The summed E-state index contributed by atoms with van der Waals surface area (Å²) in [6.07, 6.45) is 5.06. The number of hydrogen-bond acceptors (Lipinski definition) is 2. The van der Waals surface area contributed by atoms with Crippen LogP contribution in [0.4, 0.5) is 13.2 Å². The van der Waals surface area contributed by atoms with Crippen molar-refractivity contribution in [1.29, 1.82) is 0 Å². The van der Waals surface area contributed by atoms with Crippen LogP contribution in [-0.2, 0) is 19.4 Å². The van der Waals surface area contributed by atoms with Crippen LogP contribution in [0.2, 0.25) is 5.02 Å². The molecule has 1 aliphatic rings. The van der Waals surface area contributed by atoms with Gasteiger partial charge in [0.1, 0.15) is 5.82 Å². The fraction of sp³-hybridized carbons (Fsp3) is 0.545. The summed E-state index contributed by atoms with van der Waals surface area (Å²) >= 11 is 5.72. The predicted octanol–water partition coefficient (Wildman–Crippen LogP) is 5.38. The lowest BCUT2D eigenvalue weighted by atomic mass is 9.86. The highest BCUT2D eigenvalue weighted by Gasteiger charge is 2.29. The van der Waals surface area contributed by atoms with E-state index in [1.54, 1.807) is 0 Å². The molecule has 1 N–H and O–H groups in total. The molecule has 2 aromatic rings. The molecule has 1 amide bonds. The van der Waals surface area contributed by atoms with Crippen molar-refractivity contribution in [2.45, 2.75) is 71.9 Å². The molecule has 1 aliphatic carbocycles. The summed E-state index contributed by atoms with van der Waals surface area (Å²) in [6.45, 7) is 6.12. The number of rotatable bonds is 6. The Kier molecular flexibility index (Phi) is 7.11. The maximum absolute atomic E-state index is 14.4. The topological polar surface area (TPSA) is 46.9 Å². The first kappa shape index (κ1) is 22.7. The van der Waals surface area contributed by atoms with Gasteiger partial charge < -0.3 is 5.32 Å². The normalized spacial score (nSPS) is 19.2. The van der Waals surface area contributed by atoms with Gasteiger partial charge in [0, 0.05) is 23.8 Å². The third kappa shape index (κ3) is 4.51. The Hall–Kier alpha value is -2.02. The minimum atomic E-state index is -1.40. The Balaban J connectivity index is 1.62. The van der Waals surface area contributed by atoms with E-state index in [1.807, 2.05) is 0 Å². The smallest absolute Gasteiger partial charge is 0.256 e. The number of carbonyl (C=O) groups excluding carboxylic acids is 1. The van der Waals surface area contributed by atoms with E-state index in [1.165, 1.54) is 5.69 Å². The number of aromatic nitrogens is 2. The van der Waals surface area contributed by atoms with E-state index in [-0.39, 0.29) is 6.04 Å². The first-order chi connectivity index (χ1) is 14.3. The van der Waals surface area contributed by atoms with Crippen LogP contribution in [0, 0.1) is 30.3 Å². The van der Waals surface area contributed by atoms with Gasteiger partial charge in [-0.25, -0.2) is 13.2 Å². The van der Waals surface area contributed by atoms with Crippen molar-refractivity contribution in [1.82, 2.24) is 15.1 Å². The van der Waals surface area contributed by atoms with Gasteiger partial charge >= 0.3 is 0 Å². The molecule has 0 bridgehead atoms. The van der Waals surface area contributed by atoms with Crippen molar-refractivity contribution < 1.29 is 18.0 Å². The number of benzene rings is 1. The average molecular weight is 442 g/mol. The minimum Gasteiger partial charge on any atom is -0.349 e. The molecular formula is C22H27ClF3N3O. The van der Waals surface area contributed by atoms with Crippen LogP contribution in [0.15, 0.2) is 6.07 Å². The molecule has 3 rings (SSSR count). The van der Waals surface area contributed by atoms with Crippen molar-refractivity contribution in [2.75, 3.05) is 0 Å². The second-order valence-corrected chi connectivity index (χ2v) is 8.34. The highest BCUT2D eigenvalue weighted by atomic mass is 35.5. The molecule has 30 heavy (non-hydrogen) atoms. The lowest BCUT2D eigenvalue weighted by molar-refractivity contribution is 0.0915. The average Bonchev–Trinajstić information content (AvgIpc) is 3.14. The Morgan fingerprint density at radius 2 is 1.80 bits per heavy atom. The summed E-state index contributed by atoms with van der Waals surface area (Å²) in [4.78, 5) is 12.5. The van der Waals surface area contributed by atoms with Gasteiger partial charge in [-0.1, -0.05) is 25.4 Å². The fourth-order valence-electron chi connectivity index (χ4n) is 4.07. The zero-order valence-corrected chi connectivity index (χ0v) is 18.3. The van der Waals surface area contributed by atoms with Crippen molar-refractivity contribution >= 4 is 17.5 Å². The van der Waals surface area contributed by atoms with Gasteiger partial charge in [-0.15, -0.1) is 0 Å². The SMILES string of the molecule is CCc1cc(CC)n(CC2CCC(NC(=O)c3c(F)c(C)c(F)c(F)c3Cl)CC2)n1. The zero-order valence-electron chi connectivity index (χ0n) is 17.5. The monoisotopic (exact) mass is 441 g/mol. The molecule has 0 spiro atoms. The number of carbonyl (C=O) groups is 1. The molecule has 0 saturated heterocycles.